The lowest BCUT2D eigenvalue weighted by molar-refractivity contribution is 0.300. The highest BCUT2D eigenvalue weighted by molar-refractivity contribution is 5.26. The van der Waals surface area contributed by atoms with Crippen LogP contribution in [0.15, 0.2) is 60.7 Å². The van der Waals surface area contributed by atoms with Crippen LogP contribution in [-0.4, -0.2) is 12.1 Å². The summed E-state index contributed by atoms with van der Waals surface area (Å²) in [5, 5.41) is 3.48. The molecule has 0 aromatic heterocycles. The Balaban J connectivity index is 1.52. The minimum absolute atomic E-state index is 0.0594. The quantitative estimate of drug-likeness (QED) is 0.827. The average Bonchev–Trinajstić information content (AvgIpc) is 3.13. The van der Waals surface area contributed by atoms with Crippen molar-refractivity contribution in [1.29, 1.82) is 0 Å². The van der Waals surface area contributed by atoms with E-state index in [4.69, 9.17) is 4.74 Å². The SMILES string of the molecule is C[C@]1(CNCc2ccccc2)O[C@H]1c1ccccc1. The summed E-state index contributed by atoms with van der Waals surface area (Å²) in [6, 6.07) is 20.9. The molecule has 1 fully saturated rings. The van der Waals surface area contributed by atoms with E-state index in [-0.39, 0.29) is 11.7 Å². The van der Waals surface area contributed by atoms with Crippen LogP contribution >= 0.6 is 0 Å². The maximum atomic E-state index is 5.87. The van der Waals surface area contributed by atoms with E-state index in [9.17, 15) is 0 Å². The second kappa shape index (κ2) is 5.16. The number of hydrogen-bond donors (Lipinski definition) is 1. The third-order valence-electron chi connectivity index (χ3n) is 3.63. The number of nitrogens with one attached hydrogen (secondary N) is 1. The lowest BCUT2D eigenvalue weighted by Crippen LogP contribution is -2.27. The highest BCUT2D eigenvalue weighted by Gasteiger charge is 2.52. The highest BCUT2D eigenvalue weighted by atomic mass is 16.6. The van der Waals surface area contributed by atoms with E-state index >= 15 is 0 Å². The van der Waals surface area contributed by atoms with Gasteiger partial charge in [-0.25, -0.2) is 0 Å². The topological polar surface area (TPSA) is 24.6 Å². The summed E-state index contributed by atoms with van der Waals surface area (Å²) in [5.41, 5.74) is 2.52. The molecule has 0 bridgehead atoms. The molecular weight excluding hydrogens is 234 g/mol. The smallest absolute Gasteiger partial charge is 0.113 e. The van der Waals surface area contributed by atoms with E-state index in [2.05, 4.69) is 60.8 Å². The molecule has 1 heterocycles. The fourth-order valence-corrected chi connectivity index (χ4v) is 2.47. The van der Waals surface area contributed by atoms with Crippen molar-refractivity contribution in [3.8, 4) is 0 Å². The molecule has 0 aliphatic carbocycles. The fraction of sp³-hybridized carbons (Fsp3) is 0.294. The van der Waals surface area contributed by atoms with E-state index < -0.39 is 0 Å². The predicted octanol–water partition coefficient (Wildman–Crippen LogP) is 3.31. The van der Waals surface area contributed by atoms with E-state index in [1.54, 1.807) is 0 Å². The van der Waals surface area contributed by atoms with Gasteiger partial charge in [0.1, 0.15) is 11.7 Å². The van der Waals surface area contributed by atoms with Crippen molar-refractivity contribution in [2.75, 3.05) is 6.54 Å². The molecule has 2 heteroatoms. The summed E-state index contributed by atoms with van der Waals surface area (Å²) in [6.45, 7) is 3.94. The van der Waals surface area contributed by atoms with Crippen LogP contribution in [0.2, 0.25) is 0 Å². The van der Waals surface area contributed by atoms with Gasteiger partial charge < -0.3 is 10.1 Å². The molecule has 19 heavy (non-hydrogen) atoms. The molecule has 1 aliphatic heterocycles. The van der Waals surface area contributed by atoms with Crippen LogP contribution < -0.4 is 5.32 Å². The molecule has 0 unspecified atom stereocenters. The van der Waals surface area contributed by atoms with Crippen LogP contribution in [0.5, 0.6) is 0 Å². The van der Waals surface area contributed by atoms with Crippen molar-refractivity contribution in [3.63, 3.8) is 0 Å². The van der Waals surface area contributed by atoms with Gasteiger partial charge in [0.05, 0.1) is 0 Å². The number of hydrogen-bond acceptors (Lipinski definition) is 2. The molecule has 0 amide bonds. The Bertz CT molecular complexity index is 525. The first kappa shape index (κ1) is 12.4. The molecule has 3 rings (SSSR count). The lowest BCUT2D eigenvalue weighted by Gasteiger charge is -2.09. The maximum absolute atomic E-state index is 5.87. The highest BCUT2D eigenvalue weighted by Crippen LogP contribution is 2.48. The van der Waals surface area contributed by atoms with Crippen molar-refractivity contribution in [2.24, 2.45) is 0 Å². The molecule has 2 atom stereocenters. The lowest BCUT2D eigenvalue weighted by atomic mass is 10.0. The summed E-state index contributed by atoms with van der Waals surface area (Å²) in [5.74, 6) is 0. The van der Waals surface area contributed by atoms with Crippen molar-refractivity contribution >= 4 is 0 Å². The van der Waals surface area contributed by atoms with Crippen LogP contribution in [0.3, 0.4) is 0 Å². The van der Waals surface area contributed by atoms with E-state index in [1.165, 1.54) is 11.1 Å². The first-order chi connectivity index (χ1) is 9.28. The third kappa shape index (κ3) is 2.86. The molecular formula is C17H19NO. The Morgan fingerprint density at radius 3 is 2.32 bits per heavy atom. The Hall–Kier alpha value is -1.64. The van der Waals surface area contributed by atoms with Gasteiger partial charge in [-0.05, 0) is 18.1 Å². The molecule has 1 N–H and O–H groups in total. The van der Waals surface area contributed by atoms with Crippen molar-refractivity contribution in [3.05, 3.63) is 71.8 Å². The van der Waals surface area contributed by atoms with Gasteiger partial charge in [-0.3, -0.25) is 0 Å². The molecule has 2 aromatic carbocycles. The van der Waals surface area contributed by atoms with Crippen LogP contribution in [0.4, 0.5) is 0 Å². The van der Waals surface area contributed by atoms with Crippen LogP contribution in [0.1, 0.15) is 24.2 Å². The normalized spacial score (nSPS) is 25.2. The average molecular weight is 253 g/mol. The van der Waals surface area contributed by atoms with Gasteiger partial charge in [0.2, 0.25) is 0 Å². The molecule has 2 nitrogen and oxygen atoms in total. The minimum Gasteiger partial charge on any atom is -0.360 e. The maximum Gasteiger partial charge on any atom is 0.113 e. The monoisotopic (exact) mass is 253 g/mol. The van der Waals surface area contributed by atoms with Crippen molar-refractivity contribution < 1.29 is 4.74 Å². The van der Waals surface area contributed by atoms with Crippen molar-refractivity contribution in [2.45, 2.75) is 25.2 Å². The zero-order valence-electron chi connectivity index (χ0n) is 11.2. The molecule has 1 saturated heterocycles. The number of rotatable bonds is 5. The molecule has 0 spiro atoms. The first-order valence-electron chi connectivity index (χ1n) is 6.75. The number of ether oxygens (including phenoxy) is 1. The van der Waals surface area contributed by atoms with Crippen LogP contribution in [-0.2, 0) is 11.3 Å². The van der Waals surface area contributed by atoms with E-state index in [0.717, 1.165) is 13.1 Å². The number of epoxide rings is 1. The molecule has 0 radical (unpaired) electrons. The zero-order chi connectivity index (χ0) is 13.1. The van der Waals surface area contributed by atoms with Crippen LogP contribution in [0.25, 0.3) is 0 Å². The van der Waals surface area contributed by atoms with Gasteiger partial charge in [-0.2, -0.15) is 0 Å². The Morgan fingerprint density at radius 2 is 1.63 bits per heavy atom. The first-order valence-corrected chi connectivity index (χ1v) is 6.75. The molecule has 2 aromatic rings. The largest absolute Gasteiger partial charge is 0.360 e. The Kier molecular flexibility index (Phi) is 3.36. The van der Waals surface area contributed by atoms with Crippen molar-refractivity contribution in [1.82, 2.24) is 5.32 Å². The molecule has 1 aliphatic rings. The second-order valence-electron chi connectivity index (χ2n) is 5.31. The number of benzene rings is 2. The summed E-state index contributed by atoms with van der Waals surface area (Å²) < 4.78 is 5.87. The van der Waals surface area contributed by atoms with E-state index in [0.29, 0.717) is 0 Å². The third-order valence-corrected chi connectivity index (χ3v) is 3.63. The van der Waals surface area contributed by atoms with Gasteiger partial charge in [0, 0.05) is 13.1 Å². The Labute approximate surface area is 114 Å². The van der Waals surface area contributed by atoms with Gasteiger partial charge in [-0.15, -0.1) is 0 Å². The standard InChI is InChI=1S/C17H19NO/c1-17(13-18-12-14-8-4-2-5-9-14)16(19-17)15-10-6-3-7-11-15/h2-11,16,18H,12-13H2,1H3/t16-,17+/m0/s1. The summed E-state index contributed by atoms with van der Waals surface area (Å²) in [4.78, 5) is 0. The van der Waals surface area contributed by atoms with Gasteiger partial charge in [-0.1, -0.05) is 60.7 Å². The van der Waals surface area contributed by atoms with Crippen LogP contribution in [0, 0.1) is 0 Å². The fourth-order valence-electron chi connectivity index (χ4n) is 2.47. The Morgan fingerprint density at radius 1 is 1.00 bits per heavy atom. The van der Waals surface area contributed by atoms with Gasteiger partial charge in [0.25, 0.3) is 0 Å². The zero-order valence-corrected chi connectivity index (χ0v) is 11.2. The second-order valence-corrected chi connectivity index (χ2v) is 5.31. The summed E-state index contributed by atoms with van der Waals surface area (Å²) in [7, 11) is 0. The van der Waals surface area contributed by atoms with E-state index in [1.807, 2.05) is 12.1 Å². The molecule has 0 saturated carbocycles. The minimum atomic E-state index is -0.0594. The van der Waals surface area contributed by atoms with Gasteiger partial charge in [0.15, 0.2) is 0 Å². The molecule has 98 valence electrons. The van der Waals surface area contributed by atoms with Gasteiger partial charge >= 0.3 is 0 Å². The predicted molar refractivity (Wildman–Crippen MR) is 76.8 cm³/mol. The summed E-state index contributed by atoms with van der Waals surface area (Å²) >= 11 is 0. The summed E-state index contributed by atoms with van der Waals surface area (Å²) in [6.07, 6.45) is 0.233.